The van der Waals surface area contributed by atoms with E-state index in [1.54, 1.807) is 12.4 Å². The predicted octanol–water partition coefficient (Wildman–Crippen LogP) is 1.22. The Morgan fingerprint density at radius 3 is 3.18 bits per heavy atom. The van der Waals surface area contributed by atoms with E-state index in [0.717, 1.165) is 5.56 Å². The molecule has 1 unspecified atom stereocenters. The molecule has 0 aliphatic carbocycles. The van der Waals surface area contributed by atoms with Crippen LogP contribution in [-0.4, -0.2) is 10.9 Å². The third-order valence-corrected chi connectivity index (χ3v) is 2.35. The van der Waals surface area contributed by atoms with Gasteiger partial charge in [0.2, 0.25) is 0 Å². The van der Waals surface area contributed by atoms with Crippen molar-refractivity contribution in [3.8, 4) is 0 Å². The van der Waals surface area contributed by atoms with Crippen molar-refractivity contribution in [2.45, 2.75) is 4.95 Å². The summed E-state index contributed by atoms with van der Waals surface area (Å²) >= 11 is 3.32. The zero-order chi connectivity index (χ0) is 7.84. The average Bonchev–Trinajstić information content (AvgIpc) is 2.30. The number of hydrogen-bond acceptors (Lipinski definition) is 2. The fraction of sp³-hybridized carbons (Fsp3) is 0.143. The zero-order valence-corrected chi connectivity index (χ0v) is 7.13. The second-order valence-corrected chi connectivity index (χ2v) is 3.21. The third-order valence-electron chi connectivity index (χ3n) is 1.63. The fourth-order valence-corrected chi connectivity index (χ4v) is 1.69. The molecule has 3 nitrogen and oxygen atoms in total. The van der Waals surface area contributed by atoms with Crippen molar-refractivity contribution >= 4 is 21.8 Å². The van der Waals surface area contributed by atoms with Crippen LogP contribution in [0.3, 0.4) is 0 Å². The molecule has 11 heavy (non-hydrogen) atoms. The monoisotopic (exact) mass is 212 g/mol. The minimum atomic E-state index is -0.0602. The fourth-order valence-electron chi connectivity index (χ4n) is 1.09. The van der Waals surface area contributed by atoms with E-state index in [4.69, 9.17) is 0 Å². The average molecular weight is 213 g/mol. The molecule has 1 amide bonds. The van der Waals surface area contributed by atoms with E-state index >= 15 is 0 Å². The van der Waals surface area contributed by atoms with Gasteiger partial charge in [-0.25, -0.2) is 0 Å². The SMILES string of the molecule is O=C1NC(Br)c2ccncc21. The molecule has 1 atom stereocenters. The van der Waals surface area contributed by atoms with Crippen molar-refractivity contribution in [1.29, 1.82) is 0 Å². The van der Waals surface area contributed by atoms with Crippen molar-refractivity contribution < 1.29 is 4.79 Å². The molecule has 0 fully saturated rings. The molecule has 2 heterocycles. The molecule has 1 aromatic heterocycles. The molecule has 0 aromatic carbocycles. The number of amides is 1. The van der Waals surface area contributed by atoms with E-state index in [-0.39, 0.29) is 10.9 Å². The van der Waals surface area contributed by atoms with Crippen LogP contribution in [0.2, 0.25) is 0 Å². The summed E-state index contributed by atoms with van der Waals surface area (Å²) in [7, 11) is 0. The lowest BCUT2D eigenvalue weighted by Crippen LogP contribution is -2.14. The number of rotatable bonds is 0. The van der Waals surface area contributed by atoms with Gasteiger partial charge in [0.25, 0.3) is 5.91 Å². The molecule has 0 radical (unpaired) electrons. The summed E-state index contributed by atoms with van der Waals surface area (Å²) in [6, 6.07) is 1.83. The molecule has 2 rings (SSSR count). The van der Waals surface area contributed by atoms with Crippen LogP contribution < -0.4 is 5.32 Å². The molecule has 4 heteroatoms. The molecule has 0 saturated carbocycles. The lowest BCUT2D eigenvalue weighted by Gasteiger charge is -1.98. The Bertz CT molecular complexity index is 313. The van der Waals surface area contributed by atoms with E-state index in [1.807, 2.05) is 6.07 Å². The van der Waals surface area contributed by atoms with Crippen LogP contribution in [0.1, 0.15) is 20.9 Å². The number of fused-ring (bicyclic) bond motifs is 1. The molecule has 0 saturated heterocycles. The zero-order valence-electron chi connectivity index (χ0n) is 5.54. The van der Waals surface area contributed by atoms with Gasteiger partial charge in [-0.1, -0.05) is 15.9 Å². The Kier molecular flexibility index (Phi) is 1.42. The predicted molar refractivity (Wildman–Crippen MR) is 43.4 cm³/mol. The smallest absolute Gasteiger partial charge is 0.254 e. The molecule has 0 spiro atoms. The van der Waals surface area contributed by atoms with E-state index in [0.29, 0.717) is 5.56 Å². The van der Waals surface area contributed by atoms with E-state index in [1.165, 1.54) is 0 Å². The van der Waals surface area contributed by atoms with Crippen molar-refractivity contribution in [2.75, 3.05) is 0 Å². The van der Waals surface area contributed by atoms with Crippen LogP contribution in [0.5, 0.6) is 0 Å². The van der Waals surface area contributed by atoms with Crippen LogP contribution in [0.4, 0.5) is 0 Å². The Labute approximate surface area is 72.0 Å². The first kappa shape index (κ1) is 6.79. The highest BCUT2D eigenvalue weighted by Gasteiger charge is 2.25. The number of hydrogen-bond donors (Lipinski definition) is 1. The molecule has 1 aromatic rings. The van der Waals surface area contributed by atoms with Crippen LogP contribution in [0.25, 0.3) is 0 Å². The number of nitrogens with one attached hydrogen (secondary N) is 1. The van der Waals surface area contributed by atoms with Crippen molar-refractivity contribution in [3.05, 3.63) is 29.6 Å². The summed E-state index contributed by atoms with van der Waals surface area (Å²) in [5.41, 5.74) is 1.62. The van der Waals surface area contributed by atoms with E-state index in [9.17, 15) is 4.79 Å². The van der Waals surface area contributed by atoms with Crippen molar-refractivity contribution in [1.82, 2.24) is 10.3 Å². The van der Waals surface area contributed by atoms with Gasteiger partial charge >= 0.3 is 0 Å². The van der Waals surface area contributed by atoms with Gasteiger partial charge in [0.15, 0.2) is 0 Å². The number of aromatic nitrogens is 1. The molecular formula is C7H5BrN2O. The summed E-state index contributed by atoms with van der Waals surface area (Å²) < 4.78 is 0. The minimum absolute atomic E-state index is 0.0481. The summed E-state index contributed by atoms with van der Waals surface area (Å²) in [6.45, 7) is 0. The number of carbonyl (C=O) groups is 1. The highest BCUT2D eigenvalue weighted by atomic mass is 79.9. The van der Waals surface area contributed by atoms with Crippen molar-refractivity contribution in [2.24, 2.45) is 0 Å². The molecule has 1 N–H and O–H groups in total. The van der Waals surface area contributed by atoms with Gasteiger partial charge in [0.1, 0.15) is 4.95 Å². The Balaban J connectivity index is 2.60. The second kappa shape index (κ2) is 2.30. The van der Waals surface area contributed by atoms with Crippen LogP contribution in [0, 0.1) is 0 Å². The van der Waals surface area contributed by atoms with Crippen LogP contribution in [-0.2, 0) is 0 Å². The minimum Gasteiger partial charge on any atom is -0.335 e. The highest BCUT2D eigenvalue weighted by Crippen LogP contribution is 2.28. The van der Waals surface area contributed by atoms with Gasteiger partial charge in [0.05, 0.1) is 5.56 Å². The molecular weight excluding hydrogens is 208 g/mol. The maximum atomic E-state index is 11.1. The molecule has 1 aliphatic rings. The van der Waals surface area contributed by atoms with Crippen molar-refractivity contribution in [3.63, 3.8) is 0 Å². The summed E-state index contributed by atoms with van der Waals surface area (Å²) in [4.78, 5) is 14.9. The number of halogens is 1. The number of nitrogens with zero attached hydrogens (tertiary/aromatic N) is 1. The summed E-state index contributed by atoms with van der Waals surface area (Å²) in [6.07, 6.45) is 3.25. The standard InChI is InChI=1S/C7H5BrN2O/c8-6-4-1-2-9-3-5(4)7(11)10-6/h1-3,6H,(H,10,11). The summed E-state index contributed by atoms with van der Waals surface area (Å²) in [5.74, 6) is -0.0602. The third kappa shape index (κ3) is 0.939. The number of alkyl halides is 1. The van der Waals surface area contributed by atoms with E-state index in [2.05, 4.69) is 26.2 Å². The van der Waals surface area contributed by atoms with Gasteiger partial charge in [-0.15, -0.1) is 0 Å². The van der Waals surface area contributed by atoms with Crippen LogP contribution >= 0.6 is 15.9 Å². The van der Waals surface area contributed by atoms with Gasteiger partial charge in [-0.05, 0) is 6.07 Å². The quantitative estimate of drug-likeness (QED) is 0.520. The summed E-state index contributed by atoms with van der Waals surface area (Å²) in [5, 5.41) is 2.72. The number of pyridine rings is 1. The molecule has 56 valence electrons. The first-order valence-electron chi connectivity index (χ1n) is 3.18. The Morgan fingerprint density at radius 1 is 1.64 bits per heavy atom. The van der Waals surface area contributed by atoms with Gasteiger partial charge in [-0.2, -0.15) is 0 Å². The Morgan fingerprint density at radius 2 is 2.45 bits per heavy atom. The Hall–Kier alpha value is -0.900. The largest absolute Gasteiger partial charge is 0.335 e. The van der Waals surface area contributed by atoms with Gasteiger partial charge in [0, 0.05) is 18.0 Å². The second-order valence-electron chi connectivity index (χ2n) is 2.30. The lowest BCUT2D eigenvalue weighted by atomic mass is 10.2. The first-order chi connectivity index (χ1) is 5.29. The lowest BCUT2D eigenvalue weighted by molar-refractivity contribution is 0.0965. The topological polar surface area (TPSA) is 42.0 Å². The maximum absolute atomic E-state index is 11.1. The van der Waals surface area contributed by atoms with Crippen LogP contribution in [0.15, 0.2) is 18.5 Å². The van der Waals surface area contributed by atoms with E-state index < -0.39 is 0 Å². The highest BCUT2D eigenvalue weighted by molar-refractivity contribution is 9.09. The molecule has 0 bridgehead atoms. The number of carbonyl (C=O) groups excluding carboxylic acids is 1. The normalized spacial score (nSPS) is 21.2. The van der Waals surface area contributed by atoms with Gasteiger partial charge < -0.3 is 5.32 Å². The van der Waals surface area contributed by atoms with Gasteiger partial charge in [-0.3, -0.25) is 9.78 Å². The maximum Gasteiger partial charge on any atom is 0.254 e. The molecule has 1 aliphatic heterocycles. The first-order valence-corrected chi connectivity index (χ1v) is 4.09.